The van der Waals surface area contributed by atoms with Crippen LogP contribution in [0.1, 0.15) is 36.0 Å². The van der Waals surface area contributed by atoms with Crippen molar-refractivity contribution < 1.29 is 14.3 Å². The average molecular weight is 479 g/mol. The number of rotatable bonds is 5. The number of carbonyl (C=O) groups is 2. The first-order valence-corrected chi connectivity index (χ1v) is 12.2. The number of nitrogens with one attached hydrogen (secondary N) is 1. The number of benzene rings is 1. The summed E-state index contributed by atoms with van der Waals surface area (Å²) < 4.78 is 5.30. The first-order valence-electron chi connectivity index (χ1n) is 11.8. The van der Waals surface area contributed by atoms with E-state index < -0.39 is 0 Å². The van der Waals surface area contributed by atoms with Gasteiger partial charge in [-0.3, -0.25) is 4.79 Å². The van der Waals surface area contributed by atoms with E-state index >= 15 is 0 Å². The number of urea groups is 1. The number of ether oxygens (including phenoxy) is 1. The molecule has 0 aliphatic carbocycles. The van der Waals surface area contributed by atoms with E-state index in [1.807, 2.05) is 9.80 Å². The number of amides is 3. The Bertz CT molecular complexity index is 862. The molecule has 0 unspecified atom stereocenters. The highest BCUT2D eigenvalue weighted by Gasteiger charge is 2.33. The Morgan fingerprint density at radius 2 is 1.76 bits per heavy atom. The van der Waals surface area contributed by atoms with E-state index in [0.717, 1.165) is 58.4 Å². The van der Waals surface area contributed by atoms with Crippen molar-refractivity contribution in [1.82, 2.24) is 20.0 Å². The average Bonchev–Trinajstić information content (AvgIpc) is 2.79. The van der Waals surface area contributed by atoms with E-state index in [1.54, 1.807) is 12.1 Å². The van der Waals surface area contributed by atoms with Crippen molar-refractivity contribution in [1.29, 1.82) is 0 Å². The maximum Gasteiger partial charge on any atom is 0.320 e. The van der Waals surface area contributed by atoms with Crippen molar-refractivity contribution in [3.8, 4) is 5.75 Å². The molecule has 3 aliphatic rings. The van der Waals surface area contributed by atoms with Crippen LogP contribution in [0.4, 0.5) is 10.5 Å². The van der Waals surface area contributed by atoms with Crippen molar-refractivity contribution >= 4 is 29.2 Å². The number of nitrogens with zero attached hydrogens (tertiary/aromatic N) is 3. The van der Waals surface area contributed by atoms with Crippen LogP contribution in [0.2, 0.25) is 5.02 Å². The van der Waals surface area contributed by atoms with Gasteiger partial charge < -0.3 is 36.2 Å². The van der Waals surface area contributed by atoms with Gasteiger partial charge in [0, 0.05) is 64.0 Å². The van der Waals surface area contributed by atoms with Crippen LogP contribution >= 0.6 is 11.6 Å². The largest absolute Gasteiger partial charge is 0.496 e. The first kappa shape index (κ1) is 23.9. The molecule has 0 bridgehead atoms. The van der Waals surface area contributed by atoms with Gasteiger partial charge in [-0.15, -0.1) is 0 Å². The van der Waals surface area contributed by atoms with Crippen molar-refractivity contribution in [2.75, 3.05) is 58.7 Å². The fraction of sp³-hybridized carbons (Fsp3) is 0.652. The van der Waals surface area contributed by atoms with Gasteiger partial charge in [0.25, 0.3) is 5.91 Å². The lowest BCUT2D eigenvalue weighted by Gasteiger charge is -2.43. The Balaban J connectivity index is 1.19. The lowest BCUT2D eigenvalue weighted by Crippen LogP contribution is -2.61. The van der Waals surface area contributed by atoms with Crippen molar-refractivity contribution in [2.45, 2.75) is 37.8 Å². The Kier molecular flexibility index (Phi) is 7.51. The van der Waals surface area contributed by atoms with Crippen LogP contribution in [0.5, 0.6) is 5.75 Å². The third-order valence-electron chi connectivity index (χ3n) is 7.07. The van der Waals surface area contributed by atoms with Crippen molar-refractivity contribution in [3.63, 3.8) is 0 Å². The van der Waals surface area contributed by atoms with Gasteiger partial charge >= 0.3 is 6.03 Å². The zero-order valence-corrected chi connectivity index (χ0v) is 20.0. The van der Waals surface area contributed by atoms with Gasteiger partial charge in [-0.25, -0.2) is 4.79 Å². The molecule has 0 radical (unpaired) electrons. The van der Waals surface area contributed by atoms with Gasteiger partial charge in [0.05, 0.1) is 23.4 Å². The Labute approximate surface area is 200 Å². The van der Waals surface area contributed by atoms with Crippen LogP contribution in [-0.2, 0) is 0 Å². The Hall–Kier alpha value is -2.23. The van der Waals surface area contributed by atoms with Crippen LogP contribution in [0.3, 0.4) is 0 Å². The highest BCUT2D eigenvalue weighted by molar-refractivity contribution is 6.33. The molecular weight excluding hydrogens is 444 g/mol. The number of likely N-dealkylation sites (tertiary alicyclic amines) is 3. The predicted molar refractivity (Wildman–Crippen MR) is 129 cm³/mol. The summed E-state index contributed by atoms with van der Waals surface area (Å²) in [4.78, 5) is 31.5. The number of halogens is 1. The second-order valence-corrected chi connectivity index (χ2v) is 9.91. The van der Waals surface area contributed by atoms with E-state index in [1.165, 1.54) is 7.11 Å². The van der Waals surface area contributed by atoms with Gasteiger partial charge in [-0.2, -0.15) is 0 Å². The van der Waals surface area contributed by atoms with Gasteiger partial charge in [0.2, 0.25) is 0 Å². The predicted octanol–water partition coefficient (Wildman–Crippen LogP) is 1.60. The minimum Gasteiger partial charge on any atom is -0.496 e. The zero-order valence-electron chi connectivity index (χ0n) is 19.3. The molecule has 3 aliphatic heterocycles. The molecule has 182 valence electrons. The van der Waals surface area contributed by atoms with Crippen molar-refractivity contribution in [2.24, 2.45) is 11.7 Å². The van der Waals surface area contributed by atoms with Crippen LogP contribution in [-0.4, -0.2) is 91.6 Å². The monoisotopic (exact) mass is 478 g/mol. The standard InChI is InChI=1S/C23H35ClN6O3/c1-33-21-11-20(26)19(24)10-18(21)22(31)27-17-4-6-28(7-5-17)12-15-2-8-29(9-3-15)23(32)30-13-16(25)14-30/h10-11,15-17H,2-9,12-14,25-26H2,1H3,(H,27,31). The van der Waals surface area contributed by atoms with Crippen LogP contribution in [0, 0.1) is 5.92 Å². The third kappa shape index (κ3) is 5.65. The summed E-state index contributed by atoms with van der Waals surface area (Å²) in [6, 6.07) is 3.55. The molecule has 4 rings (SSSR count). The zero-order chi connectivity index (χ0) is 23.5. The molecule has 33 heavy (non-hydrogen) atoms. The fourth-order valence-corrected chi connectivity index (χ4v) is 5.14. The number of hydrogen-bond acceptors (Lipinski definition) is 6. The molecular formula is C23H35ClN6O3. The molecule has 0 saturated carbocycles. The number of hydrogen-bond donors (Lipinski definition) is 3. The normalized spacial score (nSPS) is 21.1. The highest BCUT2D eigenvalue weighted by Crippen LogP contribution is 2.29. The van der Waals surface area contributed by atoms with Crippen molar-refractivity contribution in [3.05, 3.63) is 22.7 Å². The number of methoxy groups -OCH3 is 1. The number of anilines is 1. The topological polar surface area (TPSA) is 117 Å². The van der Waals surface area contributed by atoms with Gasteiger partial charge in [0.1, 0.15) is 5.75 Å². The van der Waals surface area contributed by atoms with Gasteiger partial charge in [-0.1, -0.05) is 11.6 Å². The first-order chi connectivity index (χ1) is 15.8. The maximum absolute atomic E-state index is 12.8. The molecule has 5 N–H and O–H groups in total. The molecule has 1 aromatic carbocycles. The lowest BCUT2D eigenvalue weighted by molar-refractivity contribution is 0.0850. The summed E-state index contributed by atoms with van der Waals surface area (Å²) in [5, 5.41) is 3.47. The Morgan fingerprint density at radius 3 is 2.36 bits per heavy atom. The van der Waals surface area contributed by atoms with E-state index in [9.17, 15) is 9.59 Å². The summed E-state index contributed by atoms with van der Waals surface area (Å²) in [5.74, 6) is 0.848. The summed E-state index contributed by atoms with van der Waals surface area (Å²) in [6.45, 7) is 5.98. The molecule has 1 aromatic rings. The minimum atomic E-state index is -0.188. The number of carbonyl (C=O) groups excluding carboxylic acids is 2. The maximum atomic E-state index is 12.8. The SMILES string of the molecule is COc1cc(N)c(Cl)cc1C(=O)NC1CCN(CC2CCN(C(=O)N3CC(N)C3)CC2)CC1. The van der Waals surface area contributed by atoms with Gasteiger partial charge in [-0.05, 0) is 37.7 Å². The van der Waals surface area contributed by atoms with Crippen LogP contribution in [0.15, 0.2) is 12.1 Å². The lowest BCUT2D eigenvalue weighted by atomic mass is 9.94. The van der Waals surface area contributed by atoms with E-state index in [0.29, 0.717) is 41.0 Å². The Morgan fingerprint density at radius 1 is 1.09 bits per heavy atom. The number of nitrogens with two attached hydrogens (primary N) is 2. The molecule has 3 saturated heterocycles. The number of nitrogen functional groups attached to an aromatic ring is 1. The minimum absolute atomic E-state index is 0.122. The molecule has 0 atom stereocenters. The van der Waals surface area contributed by atoms with Gasteiger partial charge in [0.15, 0.2) is 0 Å². The molecule has 3 heterocycles. The summed E-state index contributed by atoms with van der Waals surface area (Å²) in [7, 11) is 1.51. The second-order valence-electron chi connectivity index (χ2n) is 9.50. The molecule has 0 aromatic heterocycles. The molecule has 0 spiro atoms. The molecule has 3 fully saturated rings. The molecule has 9 nitrogen and oxygen atoms in total. The quantitative estimate of drug-likeness (QED) is 0.553. The second kappa shape index (κ2) is 10.4. The summed E-state index contributed by atoms with van der Waals surface area (Å²) in [6.07, 6.45) is 3.90. The van der Waals surface area contributed by atoms with E-state index in [2.05, 4.69) is 10.2 Å². The summed E-state index contributed by atoms with van der Waals surface area (Å²) >= 11 is 6.10. The highest BCUT2D eigenvalue weighted by atomic mass is 35.5. The van der Waals surface area contributed by atoms with E-state index in [4.69, 9.17) is 27.8 Å². The summed E-state index contributed by atoms with van der Waals surface area (Å²) in [5.41, 5.74) is 12.4. The van der Waals surface area contributed by atoms with E-state index in [-0.39, 0.29) is 24.0 Å². The third-order valence-corrected chi connectivity index (χ3v) is 7.40. The number of piperidine rings is 2. The molecule has 10 heteroatoms. The smallest absolute Gasteiger partial charge is 0.320 e. The van der Waals surface area contributed by atoms with Crippen LogP contribution in [0.25, 0.3) is 0 Å². The fourth-order valence-electron chi connectivity index (χ4n) is 4.98. The van der Waals surface area contributed by atoms with Crippen LogP contribution < -0.4 is 21.5 Å². The molecule has 3 amide bonds.